The average Bonchev–Trinajstić information content (AvgIpc) is 2.80. The highest BCUT2D eigenvalue weighted by Gasteiger charge is 2.26. The first-order valence-electron chi connectivity index (χ1n) is 6.44. The third-order valence-corrected chi connectivity index (χ3v) is 3.78. The van der Waals surface area contributed by atoms with Crippen LogP contribution in [0.3, 0.4) is 0 Å². The van der Waals surface area contributed by atoms with Crippen LogP contribution in [0.4, 0.5) is 0 Å². The van der Waals surface area contributed by atoms with E-state index < -0.39 is 5.97 Å². The highest BCUT2D eigenvalue weighted by atomic mass is 35.5. The maximum absolute atomic E-state index is 10.5. The standard InChI is InChI=1S/C12H22N2O2.ClH/c15-12(16)5-9-13-6-3-4-11(10-13)14-7-1-2-8-14;/h11H,1-10H2,(H,15,16);1H. The van der Waals surface area contributed by atoms with Gasteiger partial charge >= 0.3 is 5.97 Å². The van der Waals surface area contributed by atoms with Crippen LogP contribution in [0.1, 0.15) is 32.1 Å². The summed E-state index contributed by atoms with van der Waals surface area (Å²) in [6.07, 6.45) is 5.48. The molecule has 17 heavy (non-hydrogen) atoms. The summed E-state index contributed by atoms with van der Waals surface area (Å²) in [4.78, 5) is 15.5. The van der Waals surface area contributed by atoms with Gasteiger partial charge in [0.2, 0.25) is 0 Å². The summed E-state index contributed by atoms with van der Waals surface area (Å²) < 4.78 is 0. The second kappa shape index (κ2) is 7.19. The van der Waals surface area contributed by atoms with Gasteiger partial charge in [0.15, 0.2) is 0 Å². The van der Waals surface area contributed by atoms with Gasteiger partial charge in [-0.3, -0.25) is 9.69 Å². The number of hydrogen-bond donors (Lipinski definition) is 1. The van der Waals surface area contributed by atoms with E-state index in [-0.39, 0.29) is 18.8 Å². The van der Waals surface area contributed by atoms with Crippen molar-refractivity contribution in [2.75, 3.05) is 32.7 Å². The Labute approximate surface area is 109 Å². The Balaban J connectivity index is 0.00000144. The monoisotopic (exact) mass is 262 g/mol. The predicted octanol–water partition coefficient (Wildman–Crippen LogP) is 1.44. The van der Waals surface area contributed by atoms with Gasteiger partial charge in [0.25, 0.3) is 0 Å². The van der Waals surface area contributed by atoms with Gasteiger partial charge in [-0.05, 0) is 45.3 Å². The summed E-state index contributed by atoms with van der Waals surface area (Å²) >= 11 is 0. The van der Waals surface area contributed by atoms with E-state index in [0.29, 0.717) is 6.04 Å². The van der Waals surface area contributed by atoms with Crippen LogP contribution in [0.2, 0.25) is 0 Å². The lowest BCUT2D eigenvalue weighted by Crippen LogP contribution is -2.47. The minimum absolute atomic E-state index is 0. The van der Waals surface area contributed by atoms with Crippen LogP contribution >= 0.6 is 12.4 Å². The van der Waals surface area contributed by atoms with Crippen LogP contribution in [0, 0.1) is 0 Å². The molecule has 1 N–H and O–H groups in total. The molecule has 4 nitrogen and oxygen atoms in total. The predicted molar refractivity (Wildman–Crippen MR) is 69.8 cm³/mol. The van der Waals surface area contributed by atoms with Crippen LogP contribution in [0.15, 0.2) is 0 Å². The molecule has 0 aromatic carbocycles. The highest BCUT2D eigenvalue weighted by Crippen LogP contribution is 2.20. The quantitative estimate of drug-likeness (QED) is 0.833. The van der Waals surface area contributed by atoms with Gasteiger partial charge < -0.3 is 10.0 Å². The third kappa shape index (κ3) is 4.45. The number of piperidine rings is 1. The van der Waals surface area contributed by atoms with Crippen LogP contribution < -0.4 is 0 Å². The number of nitrogens with zero attached hydrogens (tertiary/aromatic N) is 2. The van der Waals surface area contributed by atoms with E-state index in [1.807, 2.05) is 0 Å². The maximum atomic E-state index is 10.5. The SMILES string of the molecule is Cl.O=C(O)CCN1CCCC(N2CCCC2)C1. The molecule has 0 bridgehead atoms. The molecular formula is C12H23ClN2O2. The highest BCUT2D eigenvalue weighted by molar-refractivity contribution is 5.85. The second-order valence-corrected chi connectivity index (χ2v) is 4.98. The van der Waals surface area contributed by atoms with Gasteiger partial charge in [0, 0.05) is 19.1 Å². The molecule has 5 heteroatoms. The van der Waals surface area contributed by atoms with Crippen molar-refractivity contribution in [2.45, 2.75) is 38.1 Å². The molecule has 2 heterocycles. The molecule has 0 spiro atoms. The molecule has 1 unspecified atom stereocenters. The summed E-state index contributed by atoms with van der Waals surface area (Å²) in [5, 5.41) is 8.68. The summed E-state index contributed by atoms with van der Waals surface area (Å²) in [6, 6.07) is 0.685. The van der Waals surface area contributed by atoms with E-state index in [9.17, 15) is 4.79 Å². The molecule has 0 aromatic rings. The van der Waals surface area contributed by atoms with Gasteiger partial charge in [-0.2, -0.15) is 0 Å². The Morgan fingerprint density at radius 1 is 1.18 bits per heavy atom. The minimum atomic E-state index is -0.678. The van der Waals surface area contributed by atoms with Gasteiger partial charge in [0.05, 0.1) is 6.42 Å². The Morgan fingerprint density at radius 2 is 1.88 bits per heavy atom. The van der Waals surface area contributed by atoms with Crippen molar-refractivity contribution in [2.24, 2.45) is 0 Å². The Hall–Kier alpha value is -0.320. The molecule has 100 valence electrons. The number of likely N-dealkylation sites (tertiary alicyclic amines) is 2. The molecular weight excluding hydrogens is 240 g/mol. The number of hydrogen-bond acceptors (Lipinski definition) is 3. The van der Waals surface area contributed by atoms with Crippen LogP contribution in [0.25, 0.3) is 0 Å². The van der Waals surface area contributed by atoms with E-state index in [4.69, 9.17) is 5.11 Å². The fourth-order valence-electron chi connectivity index (χ4n) is 2.89. The smallest absolute Gasteiger partial charge is 0.304 e. The summed E-state index contributed by atoms with van der Waals surface area (Å²) in [6.45, 7) is 5.37. The lowest BCUT2D eigenvalue weighted by molar-refractivity contribution is -0.137. The van der Waals surface area contributed by atoms with E-state index in [2.05, 4.69) is 9.80 Å². The number of halogens is 1. The van der Waals surface area contributed by atoms with Crippen molar-refractivity contribution in [3.63, 3.8) is 0 Å². The number of carboxylic acids is 1. The van der Waals surface area contributed by atoms with E-state index in [0.717, 1.165) is 19.6 Å². The van der Waals surface area contributed by atoms with E-state index >= 15 is 0 Å². The molecule has 0 saturated carbocycles. The van der Waals surface area contributed by atoms with Gasteiger partial charge in [-0.25, -0.2) is 0 Å². The van der Waals surface area contributed by atoms with Crippen LogP contribution in [0.5, 0.6) is 0 Å². The van der Waals surface area contributed by atoms with Crippen LogP contribution in [-0.2, 0) is 4.79 Å². The largest absolute Gasteiger partial charge is 0.481 e. The van der Waals surface area contributed by atoms with Crippen molar-refractivity contribution >= 4 is 18.4 Å². The molecule has 0 radical (unpaired) electrons. The molecule has 2 aliphatic heterocycles. The van der Waals surface area contributed by atoms with Crippen molar-refractivity contribution in [1.82, 2.24) is 9.80 Å². The van der Waals surface area contributed by atoms with Gasteiger partial charge in [-0.1, -0.05) is 0 Å². The Kier molecular flexibility index (Phi) is 6.23. The molecule has 2 aliphatic rings. The summed E-state index contributed by atoms with van der Waals surface area (Å²) in [5.41, 5.74) is 0. The molecule has 0 aliphatic carbocycles. The van der Waals surface area contributed by atoms with Crippen molar-refractivity contribution in [1.29, 1.82) is 0 Å². The van der Waals surface area contributed by atoms with Gasteiger partial charge in [-0.15, -0.1) is 12.4 Å². The number of carbonyl (C=O) groups is 1. The zero-order valence-corrected chi connectivity index (χ0v) is 11.1. The molecule has 0 amide bonds. The Bertz CT molecular complexity index is 245. The molecule has 1 atom stereocenters. The van der Waals surface area contributed by atoms with Crippen molar-refractivity contribution < 1.29 is 9.90 Å². The first-order chi connectivity index (χ1) is 7.75. The first kappa shape index (κ1) is 14.7. The van der Waals surface area contributed by atoms with Crippen molar-refractivity contribution in [3.05, 3.63) is 0 Å². The third-order valence-electron chi connectivity index (χ3n) is 3.78. The van der Waals surface area contributed by atoms with Crippen LogP contribution in [-0.4, -0.2) is 59.6 Å². The average molecular weight is 263 g/mol. The lowest BCUT2D eigenvalue weighted by Gasteiger charge is -2.37. The maximum Gasteiger partial charge on any atom is 0.304 e. The lowest BCUT2D eigenvalue weighted by atomic mass is 10.0. The zero-order valence-electron chi connectivity index (χ0n) is 10.3. The first-order valence-corrected chi connectivity index (χ1v) is 6.44. The molecule has 2 rings (SSSR count). The summed E-state index contributed by atoms with van der Waals surface area (Å²) in [5.74, 6) is -0.678. The number of carboxylic acid groups (broad SMARTS) is 1. The summed E-state index contributed by atoms with van der Waals surface area (Å²) in [7, 11) is 0. The van der Waals surface area contributed by atoms with E-state index in [1.165, 1.54) is 38.8 Å². The molecule has 2 fully saturated rings. The number of rotatable bonds is 4. The van der Waals surface area contributed by atoms with Crippen molar-refractivity contribution in [3.8, 4) is 0 Å². The fraction of sp³-hybridized carbons (Fsp3) is 0.917. The fourth-order valence-corrected chi connectivity index (χ4v) is 2.89. The van der Waals surface area contributed by atoms with Gasteiger partial charge in [0.1, 0.15) is 0 Å². The number of aliphatic carboxylic acids is 1. The zero-order chi connectivity index (χ0) is 11.4. The Morgan fingerprint density at radius 3 is 2.53 bits per heavy atom. The minimum Gasteiger partial charge on any atom is -0.481 e. The topological polar surface area (TPSA) is 43.8 Å². The second-order valence-electron chi connectivity index (χ2n) is 4.98. The molecule has 2 saturated heterocycles. The normalized spacial score (nSPS) is 26.7. The molecule has 0 aromatic heterocycles. The van der Waals surface area contributed by atoms with E-state index in [1.54, 1.807) is 0 Å².